The second kappa shape index (κ2) is 8.22. The summed E-state index contributed by atoms with van der Waals surface area (Å²) in [6, 6.07) is 11.1. The molecule has 1 aliphatic heterocycles. The number of hydrogen-bond donors (Lipinski definition) is 2. The molecule has 1 saturated heterocycles. The van der Waals surface area contributed by atoms with Crippen molar-refractivity contribution in [2.45, 2.75) is 19.3 Å². The lowest BCUT2D eigenvalue weighted by Crippen LogP contribution is -2.29. The number of carbonyl (C=O) groups excluding carboxylic acids is 2. The van der Waals surface area contributed by atoms with Crippen molar-refractivity contribution in [2.24, 2.45) is 0 Å². The standard InChI is InChI=1S/C20H19ClN2O4/c21-14-7-8-17(16(12-14)19(25)23-9-3-4-10-23)22-18(24)11-13-5-1-2-6-15(13)20(26)27/h1-2,5-8,12H,3-4,9-11H2,(H,22,24)(H,26,27). The Labute approximate surface area is 161 Å². The van der Waals surface area contributed by atoms with Crippen molar-refractivity contribution < 1.29 is 19.5 Å². The molecule has 1 aliphatic rings. The van der Waals surface area contributed by atoms with Crippen molar-refractivity contribution in [3.63, 3.8) is 0 Å². The van der Waals surface area contributed by atoms with Crippen LogP contribution < -0.4 is 5.32 Å². The maximum atomic E-state index is 12.7. The van der Waals surface area contributed by atoms with E-state index < -0.39 is 11.9 Å². The predicted molar refractivity (Wildman–Crippen MR) is 102 cm³/mol. The molecule has 0 saturated carbocycles. The first-order valence-electron chi connectivity index (χ1n) is 8.65. The number of halogens is 1. The quantitative estimate of drug-likeness (QED) is 0.823. The summed E-state index contributed by atoms with van der Waals surface area (Å²) in [5, 5.41) is 12.4. The van der Waals surface area contributed by atoms with Gasteiger partial charge in [-0.3, -0.25) is 9.59 Å². The van der Waals surface area contributed by atoms with Crippen molar-refractivity contribution in [1.29, 1.82) is 0 Å². The van der Waals surface area contributed by atoms with Crippen molar-refractivity contribution in [3.05, 3.63) is 64.2 Å². The summed E-state index contributed by atoms with van der Waals surface area (Å²) in [4.78, 5) is 38.2. The molecule has 2 aromatic carbocycles. The third kappa shape index (κ3) is 4.46. The Bertz CT molecular complexity index is 891. The van der Waals surface area contributed by atoms with Crippen LogP contribution in [0.15, 0.2) is 42.5 Å². The third-order valence-electron chi connectivity index (χ3n) is 4.48. The molecule has 2 N–H and O–H groups in total. The molecule has 2 amide bonds. The lowest BCUT2D eigenvalue weighted by atomic mass is 10.0. The van der Waals surface area contributed by atoms with Crippen LogP contribution in [0, 0.1) is 0 Å². The minimum atomic E-state index is -1.09. The lowest BCUT2D eigenvalue weighted by Gasteiger charge is -2.18. The zero-order valence-electron chi connectivity index (χ0n) is 14.6. The Morgan fingerprint density at radius 2 is 1.74 bits per heavy atom. The Kier molecular flexibility index (Phi) is 5.76. The molecule has 27 heavy (non-hydrogen) atoms. The predicted octanol–water partition coefficient (Wildman–Crippen LogP) is 3.46. The fourth-order valence-electron chi connectivity index (χ4n) is 3.14. The maximum Gasteiger partial charge on any atom is 0.335 e. The van der Waals surface area contributed by atoms with Gasteiger partial charge in [-0.15, -0.1) is 0 Å². The molecule has 1 heterocycles. The van der Waals surface area contributed by atoms with Crippen molar-refractivity contribution >= 4 is 35.1 Å². The Morgan fingerprint density at radius 3 is 2.44 bits per heavy atom. The highest BCUT2D eigenvalue weighted by Gasteiger charge is 2.23. The Morgan fingerprint density at radius 1 is 1.04 bits per heavy atom. The fraction of sp³-hybridized carbons (Fsp3) is 0.250. The fourth-order valence-corrected chi connectivity index (χ4v) is 3.32. The van der Waals surface area contributed by atoms with E-state index in [-0.39, 0.29) is 17.9 Å². The van der Waals surface area contributed by atoms with Crippen molar-refractivity contribution in [2.75, 3.05) is 18.4 Å². The smallest absolute Gasteiger partial charge is 0.335 e. The molecular weight excluding hydrogens is 368 g/mol. The average molecular weight is 387 g/mol. The zero-order valence-corrected chi connectivity index (χ0v) is 15.3. The number of nitrogens with zero attached hydrogens (tertiary/aromatic N) is 1. The van der Waals surface area contributed by atoms with Crippen LogP contribution in [0.25, 0.3) is 0 Å². The molecule has 0 aromatic heterocycles. The van der Waals surface area contributed by atoms with E-state index in [1.807, 2.05) is 0 Å². The normalized spacial score (nSPS) is 13.4. The number of aromatic carboxylic acids is 1. The van der Waals surface area contributed by atoms with Gasteiger partial charge in [0.1, 0.15) is 0 Å². The van der Waals surface area contributed by atoms with Gasteiger partial charge in [-0.05, 0) is 42.7 Å². The summed E-state index contributed by atoms with van der Waals surface area (Å²) in [5.74, 6) is -1.66. The van der Waals surface area contributed by atoms with E-state index in [9.17, 15) is 19.5 Å². The highest BCUT2D eigenvalue weighted by Crippen LogP contribution is 2.24. The molecule has 3 rings (SSSR count). The number of carbonyl (C=O) groups is 3. The van der Waals surface area contributed by atoms with Crippen LogP contribution in [0.1, 0.15) is 39.1 Å². The van der Waals surface area contributed by atoms with Gasteiger partial charge < -0.3 is 15.3 Å². The first-order chi connectivity index (χ1) is 13.0. The number of carboxylic acids is 1. The van der Waals surface area contributed by atoms with E-state index in [1.54, 1.807) is 41.3 Å². The number of amides is 2. The molecule has 0 atom stereocenters. The maximum absolute atomic E-state index is 12.7. The molecule has 140 valence electrons. The third-order valence-corrected chi connectivity index (χ3v) is 4.71. The first-order valence-corrected chi connectivity index (χ1v) is 9.03. The van der Waals surface area contributed by atoms with Gasteiger partial charge in [0.15, 0.2) is 0 Å². The number of likely N-dealkylation sites (tertiary alicyclic amines) is 1. The van der Waals surface area contributed by atoms with Gasteiger partial charge >= 0.3 is 5.97 Å². The number of rotatable bonds is 5. The largest absolute Gasteiger partial charge is 0.478 e. The van der Waals surface area contributed by atoms with Gasteiger partial charge in [-0.25, -0.2) is 4.79 Å². The molecule has 0 unspecified atom stereocenters. The number of nitrogens with one attached hydrogen (secondary N) is 1. The summed E-state index contributed by atoms with van der Waals surface area (Å²) in [7, 11) is 0. The van der Waals surface area contributed by atoms with Crippen LogP contribution in [0.4, 0.5) is 5.69 Å². The second-order valence-electron chi connectivity index (χ2n) is 6.38. The molecule has 7 heteroatoms. The van der Waals surface area contributed by atoms with E-state index in [0.29, 0.717) is 34.9 Å². The van der Waals surface area contributed by atoms with Gasteiger partial charge in [-0.1, -0.05) is 29.8 Å². The molecule has 0 bridgehead atoms. The van der Waals surface area contributed by atoms with Crippen LogP contribution in [-0.2, 0) is 11.2 Å². The van der Waals surface area contributed by atoms with Gasteiger partial charge in [0, 0.05) is 18.1 Å². The summed E-state index contributed by atoms with van der Waals surface area (Å²) in [5.41, 5.74) is 1.19. The minimum absolute atomic E-state index is 0.0807. The van der Waals surface area contributed by atoms with Gasteiger partial charge in [-0.2, -0.15) is 0 Å². The molecular formula is C20H19ClN2O4. The monoisotopic (exact) mass is 386 g/mol. The van der Waals surface area contributed by atoms with E-state index in [4.69, 9.17) is 11.6 Å². The number of hydrogen-bond acceptors (Lipinski definition) is 3. The van der Waals surface area contributed by atoms with Crippen molar-refractivity contribution in [1.82, 2.24) is 4.90 Å². The molecule has 0 spiro atoms. The van der Waals surface area contributed by atoms with Crippen LogP contribution in [0.5, 0.6) is 0 Å². The minimum Gasteiger partial charge on any atom is -0.478 e. The average Bonchev–Trinajstić information content (AvgIpc) is 3.17. The van der Waals surface area contributed by atoms with E-state index in [0.717, 1.165) is 12.8 Å². The number of carboxylic acid groups (broad SMARTS) is 1. The van der Waals surface area contributed by atoms with Gasteiger partial charge in [0.25, 0.3) is 5.91 Å². The van der Waals surface area contributed by atoms with Gasteiger partial charge in [0.2, 0.25) is 5.91 Å². The molecule has 6 nitrogen and oxygen atoms in total. The summed E-state index contributed by atoms with van der Waals surface area (Å²) in [6.07, 6.45) is 1.81. The topological polar surface area (TPSA) is 86.7 Å². The number of anilines is 1. The van der Waals surface area contributed by atoms with Crippen molar-refractivity contribution in [3.8, 4) is 0 Å². The van der Waals surface area contributed by atoms with Crippen LogP contribution in [-0.4, -0.2) is 40.9 Å². The molecule has 2 aromatic rings. The summed E-state index contributed by atoms with van der Waals surface area (Å²) < 4.78 is 0. The van der Waals surface area contributed by atoms with Crippen LogP contribution in [0.2, 0.25) is 5.02 Å². The van der Waals surface area contributed by atoms with Crippen LogP contribution >= 0.6 is 11.6 Å². The lowest BCUT2D eigenvalue weighted by molar-refractivity contribution is -0.115. The summed E-state index contributed by atoms with van der Waals surface area (Å²) in [6.45, 7) is 1.37. The zero-order chi connectivity index (χ0) is 19.4. The summed E-state index contributed by atoms with van der Waals surface area (Å²) >= 11 is 6.04. The van der Waals surface area contributed by atoms with E-state index in [2.05, 4.69) is 5.32 Å². The highest BCUT2D eigenvalue weighted by atomic mass is 35.5. The van der Waals surface area contributed by atoms with Crippen LogP contribution in [0.3, 0.4) is 0 Å². The molecule has 0 radical (unpaired) electrons. The Hall–Kier alpha value is -2.86. The second-order valence-corrected chi connectivity index (χ2v) is 6.81. The van der Waals surface area contributed by atoms with E-state index in [1.165, 1.54) is 6.07 Å². The highest BCUT2D eigenvalue weighted by molar-refractivity contribution is 6.31. The SMILES string of the molecule is O=C(Cc1ccccc1C(=O)O)Nc1ccc(Cl)cc1C(=O)N1CCCC1. The Balaban J connectivity index is 1.80. The van der Waals surface area contributed by atoms with E-state index >= 15 is 0 Å². The first kappa shape index (κ1) is 18.9. The number of benzene rings is 2. The van der Waals surface area contributed by atoms with Gasteiger partial charge in [0.05, 0.1) is 23.2 Å². The molecule has 0 aliphatic carbocycles. The molecule has 1 fully saturated rings.